The molecule has 1 aliphatic heterocycles. The maximum absolute atomic E-state index is 13.6. The molecule has 2 aliphatic carbocycles. The Morgan fingerprint density at radius 2 is 1.84 bits per heavy atom. The standard InChI is InChI=1S/C25H30N4O3/c30-23(25(11-12-25)27-24(31)32-18-19-6-2-1-3-7-19)29(21-8-9-21)22-16-20(10-13-26-22)17-28-14-4-5-15-28/h1-3,6-7,10,13,16,21H,4-5,8-9,11-12,14-15,17-18H2,(H,27,31). The minimum absolute atomic E-state index is 0.0671. The van der Waals surface area contributed by atoms with Gasteiger partial charge in [-0.05, 0) is 74.9 Å². The lowest BCUT2D eigenvalue weighted by Crippen LogP contribution is -2.52. The van der Waals surface area contributed by atoms with Crippen LogP contribution in [0, 0.1) is 0 Å². The van der Waals surface area contributed by atoms with E-state index in [0.29, 0.717) is 18.7 Å². The van der Waals surface area contributed by atoms with Crippen LogP contribution in [0.5, 0.6) is 0 Å². The van der Waals surface area contributed by atoms with Gasteiger partial charge < -0.3 is 10.1 Å². The lowest BCUT2D eigenvalue weighted by molar-refractivity contribution is -0.121. The minimum atomic E-state index is -0.872. The van der Waals surface area contributed by atoms with Crippen molar-refractivity contribution in [2.75, 3.05) is 18.0 Å². The second kappa shape index (κ2) is 8.90. The lowest BCUT2D eigenvalue weighted by atomic mass is 10.2. The van der Waals surface area contributed by atoms with Gasteiger partial charge in [-0.1, -0.05) is 30.3 Å². The van der Waals surface area contributed by atoms with Gasteiger partial charge in [-0.25, -0.2) is 9.78 Å². The predicted octanol–water partition coefficient (Wildman–Crippen LogP) is 3.63. The number of likely N-dealkylation sites (tertiary alicyclic amines) is 1. The fourth-order valence-corrected chi connectivity index (χ4v) is 4.38. The summed E-state index contributed by atoms with van der Waals surface area (Å²) in [6.45, 7) is 3.32. The Bertz CT molecular complexity index is 966. The number of nitrogens with one attached hydrogen (secondary N) is 1. The van der Waals surface area contributed by atoms with Crippen molar-refractivity contribution in [2.24, 2.45) is 0 Å². The van der Waals surface area contributed by atoms with E-state index in [9.17, 15) is 9.59 Å². The zero-order valence-corrected chi connectivity index (χ0v) is 18.3. The first-order chi connectivity index (χ1) is 15.6. The van der Waals surface area contributed by atoms with E-state index in [1.807, 2.05) is 47.4 Å². The van der Waals surface area contributed by atoms with Gasteiger partial charge in [0, 0.05) is 18.8 Å². The quantitative estimate of drug-likeness (QED) is 0.687. The highest BCUT2D eigenvalue weighted by Gasteiger charge is 2.56. The topological polar surface area (TPSA) is 74.8 Å². The summed E-state index contributed by atoms with van der Waals surface area (Å²) in [5.74, 6) is 0.627. The highest BCUT2D eigenvalue weighted by Crippen LogP contribution is 2.42. The number of anilines is 1. The molecule has 0 radical (unpaired) electrons. The van der Waals surface area contributed by atoms with Gasteiger partial charge in [0.1, 0.15) is 18.0 Å². The summed E-state index contributed by atoms with van der Waals surface area (Å²) in [7, 11) is 0. The van der Waals surface area contributed by atoms with Crippen molar-refractivity contribution in [3.8, 4) is 0 Å². The molecule has 2 heterocycles. The summed E-state index contributed by atoms with van der Waals surface area (Å²) in [5.41, 5.74) is 1.22. The van der Waals surface area contributed by atoms with Gasteiger partial charge >= 0.3 is 6.09 Å². The molecule has 3 fully saturated rings. The van der Waals surface area contributed by atoms with Crippen molar-refractivity contribution >= 4 is 17.8 Å². The largest absolute Gasteiger partial charge is 0.445 e. The Hall–Kier alpha value is -2.93. The van der Waals surface area contributed by atoms with Gasteiger partial charge in [0.15, 0.2) is 0 Å². The Kier molecular flexibility index (Phi) is 5.83. The maximum Gasteiger partial charge on any atom is 0.408 e. The van der Waals surface area contributed by atoms with Crippen LogP contribution in [-0.4, -0.2) is 46.6 Å². The van der Waals surface area contributed by atoms with Gasteiger partial charge in [0.05, 0.1) is 0 Å². The SMILES string of the molecule is O=C(NC1(C(=O)N(c2cc(CN3CCCC3)ccn2)C2CC2)CC1)OCc1ccccc1. The fraction of sp³-hybridized carbons (Fsp3) is 0.480. The van der Waals surface area contributed by atoms with Gasteiger partial charge in [0.25, 0.3) is 5.91 Å². The van der Waals surface area contributed by atoms with E-state index in [0.717, 1.165) is 38.0 Å². The number of ether oxygens (including phenoxy) is 1. The second-order valence-corrected chi connectivity index (χ2v) is 9.18. The van der Waals surface area contributed by atoms with Crippen LogP contribution < -0.4 is 10.2 Å². The molecule has 2 amide bonds. The van der Waals surface area contributed by atoms with Gasteiger partial charge in [-0.2, -0.15) is 0 Å². The number of carbonyl (C=O) groups is 2. The predicted molar refractivity (Wildman–Crippen MR) is 121 cm³/mol. The number of aromatic nitrogens is 1. The van der Waals surface area contributed by atoms with Crippen LogP contribution >= 0.6 is 0 Å². The first-order valence-corrected chi connectivity index (χ1v) is 11.6. The molecule has 32 heavy (non-hydrogen) atoms. The van der Waals surface area contributed by atoms with Crippen molar-refractivity contribution in [3.05, 3.63) is 59.8 Å². The van der Waals surface area contributed by atoms with E-state index in [2.05, 4.69) is 15.2 Å². The highest BCUT2D eigenvalue weighted by molar-refractivity contribution is 6.04. The number of pyridine rings is 1. The molecule has 0 spiro atoms. The van der Waals surface area contributed by atoms with Crippen LogP contribution in [0.1, 0.15) is 49.7 Å². The van der Waals surface area contributed by atoms with Crippen LogP contribution in [0.2, 0.25) is 0 Å². The Labute approximate surface area is 188 Å². The number of amides is 2. The number of alkyl carbamates (subject to hydrolysis) is 1. The van der Waals surface area contributed by atoms with E-state index in [1.54, 1.807) is 6.20 Å². The molecule has 7 nitrogen and oxygen atoms in total. The third kappa shape index (κ3) is 4.78. The van der Waals surface area contributed by atoms with E-state index >= 15 is 0 Å². The third-order valence-corrected chi connectivity index (χ3v) is 6.51. The molecule has 1 aromatic carbocycles. The summed E-state index contributed by atoms with van der Waals surface area (Å²) < 4.78 is 5.37. The third-order valence-electron chi connectivity index (χ3n) is 6.51. The van der Waals surface area contributed by atoms with Crippen molar-refractivity contribution in [1.29, 1.82) is 0 Å². The second-order valence-electron chi connectivity index (χ2n) is 9.18. The molecule has 1 aromatic heterocycles. The smallest absolute Gasteiger partial charge is 0.408 e. The van der Waals surface area contributed by atoms with Crippen molar-refractivity contribution in [1.82, 2.24) is 15.2 Å². The number of benzene rings is 1. The molecule has 3 aliphatic rings. The van der Waals surface area contributed by atoms with Gasteiger partial charge in [-0.15, -0.1) is 0 Å². The average molecular weight is 435 g/mol. The van der Waals surface area contributed by atoms with E-state index in [-0.39, 0.29) is 18.6 Å². The molecule has 0 atom stereocenters. The number of rotatable bonds is 8. The molecule has 2 aromatic rings. The molecule has 0 unspecified atom stereocenters. The Balaban J connectivity index is 1.25. The van der Waals surface area contributed by atoms with E-state index < -0.39 is 11.6 Å². The van der Waals surface area contributed by atoms with Crippen LogP contribution in [-0.2, 0) is 22.7 Å². The summed E-state index contributed by atoms with van der Waals surface area (Å²) >= 11 is 0. The van der Waals surface area contributed by atoms with Gasteiger partial charge in [0.2, 0.25) is 0 Å². The molecule has 0 bridgehead atoms. The Morgan fingerprint density at radius 3 is 2.53 bits per heavy atom. The summed E-state index contributed by atoms with van der Waals surface area (Å²) in [6.07, 6.45) is 6.94. The van der Waals surface area contributed by atoms with Crippen molar-refractivity contribution in [2.45, 2.75) is 63.3 Å². The normalized spacial score (nSPS) is 19.4. The average Bonchev–Trinajstić information content (AvgIpc) is 3.73. The monoisotopic (exact) mass is 434 g/mol. The zero-order valence-electron chi connectivity index (χ0n) is 18.3. The van der Waals surface area contributed by atoms with Crippen LogP contribution in [0.4, 0.5) is 10.6 Å². The number of hydrogen-bond donors (Lipinski definition) is 1. The summed E-state index contributed by atoms with van der Waals surface area (Å²) in [6, 6.07) is 13.8. The molecular weight excluding hydrogens is 404 g/mol. The summed E-state index contributed by atoms with van der Waals surface area (Å²) in [4.78, 5) is 34.8. The van der Waals surface area contributed by atoms with E-state index in [1.165, 1.54) is 18.4 Å². The summed E-state index contributed by atoms with van der Waals surface area (Å²) in [5, 5.41) is 2.86. The maximum atomic E-state index is 13.6. The molecule has 1 N–H and O–H groups in total. The molecule has 168 valence electrons. The number of hydrogen-bond acceptors (Lipinski definition) is 5. The molecule has 5 rings (SSSR count). The highest BCUT2D eigenvalue weighted by atomic mass is 16.5. The zero-order chi connectivity index (χ0) is 22.0. The molecular formula is C25H30N4O3. The minimum Gasteiger partial charge on any atom is -0.445 e. The van der Waals surface area contributed by atoms with E-state index in [4.69, 9.17) is 4.74 Å². The lowest BCUT2D eigenvalue weighted by Gasteiger charge is -2.27. The van der Waals surface area contributed by atoms with Crippen LogP contribution in [0.15, 0.2) is 48.7 Å². The number of nitrogens with zero attached hydrogens (tertiary/aromatic N) is 3. The first-order valence-electron chi connectivity index (χ1n) is 11.6. The van der Waals surface area contributed by atoms with Crippen LogP contribution in [0.25, 0.3) is 0 Å². The van der Waals surface area contributed by atoms with Crippen molar-refractivity contribution < 1.29 is 14.3 Å². The molecule has 2 saturated carbocycles. The van der Waals surface area contributed by atoms with Gasteiger partial charge in [-0.3, -0.25) is 14.6 Å². The van der Waals surface area contributed by atoms with Crippen LogP contribution in [0.3, 0.4) is 0 Å². The molecule has 1 saturated heterocycles. The molecule has 7 heteroatoms. The Morgan fingerprint density at radius 1 is 1.09 bits per heavy atom. The first kappa shape index (κ1) is 20.9. The fourth-order valence-electron chi connectivity index (χ4n) is 4.38. The number of carbonyl (C=O) groups excluding carboxylic acids is 2. The van der Waals surface area contributed by atoms with Crippen molar-refractivity contribution in [3.63, 3.8) is 0 Å².